The van der Waals surface area contributed by atoms with E-state index in [9.17, 15) is 0 Å². The Balaban J connectivity index is 0.000000810. The van der Waals surface area contributed by atoms with Gasteiger partial charge in [0.1, 0.15) is 0 Å². The highest BCUT2D eigenvalue weighted by atomic mass is 35.5. The maximum atomic E-state index is 5.67. The van der Waals surface area contributed by atoms with E-state index in [0.717, 1.165) is 4.55 Å². The van der Waals surface area contributed by atoms with Crippen LogP contribution in [0.5, 0.6) is 0 Å². The van der Waals surface area contributed by atoms with Crippen LogP contribution >= 0.6 is 9.07 Å². The summed E-state index contributed by atoms with van der Waals surface area (Å²) in [5, 5.41) is 0. The van der Waals surface area contributed by atoms with Crippen LogP contribution in [0.4, 0.5) is 0 Å². The number of benzene rings is 1. The molecule has 0 atom stereocenters. The molecular weight excluding hydrogens is 158 g/mol. The lowest BCUT2D eigenvalue weighted by Crippen LogP contribution is -1.86. The van der Waals surface area contributed by atoms with E-state index in [0.29, 0.717) is 0 Å². The molecular formula is C7H10ClMgN. The molecule has 0 saturated carbocycles. The molecule has 3 heteroatoms. The van der Waals surface area contributed by atoms with Crippen molar-refractivity contribution in [2.24, 2.45) is 0 Å². The minimum atomic E-state index is -0.312. The van der Waals surface area contributed by atoms with Gasteiger partial charge in [0.2, 0.25) is 0 Å². The number of hydrogen-bond acceptors (Lipinski definition) is 1. The molecule has 3 N–H and O–H groups in total. The van der Waals surface area contributed by atoms with E-state index >= 15 is 0 Å². The molecule has 0 aliphatic carbocycles. The molecule has 1 nitrogen and oxygen atoms in total. The van der Waals surface area contributed by atoms with Crippen LogP contribution in [0.3, 0.4) is 0 Å². The zero-order valence-electron chi connectivity index (χ0n) is 5.89. The monoisotopic (exact) mass is 167 g/mol. The van der Waals surface area contributed by atoms with Gasteiger partial charge in [-0.1, -0.05) is 40.4 Å². The minimum Gasteiger partial charge on any atom is -0.345 e. The Hall–Kier alpha value is 0.236. The zero-order chi connectivity index (χ0) is 6.53. The second-order valence-electron chi connectivity index (χ2n) is 1.92. The predicted octanol–water partition coefficient (Wildman–Crippen LogP) is 2.21. The molecule has 0 saturated heterocycles. The molecule has 10 heavy (non-hydrogen) atoms. The molecule has 0 bridgehead atoms. The lowest BCUT2D eigenvalue weighted by molar-refractivity contribution is 1.40. The van der Waals surface area contributed by atoms with Crippen molar-refractivity contribution in [2.45, 2.75) is 4.55 Å². The predicted molar refractivity (Wildman–Crippen MR) is 46.8 cm³/mol. The van der Waals surface area contributed by atoms with Gasteiger partial charge in [0.05, 0.1) is 0 Å². The molecule has 0 spiro atoms. The summed E-state index contributed by atoms with van der Waals surface area (Å²) in [7, 11) is 5.67. The van der Waals surface area contributed by atoms with Gasteiger partial charge in [-0.3, -0.25) is 0 Å². The Labute approximate surface area is 74.9 Å². The van der Waals surface area contributed by atoms with E-state index in [4.69, 9.17) is 9.07 Å². The molecule has 0 aliphatic heterocycles. The topological polar surface area (TPSA) is 35.0 Å². The largest absolute Gasteiger partial charge is 0.505 e. The van der Waals surface area contributed by atoms with Crippen LogP contribution in [0.15, 0.2) is 30.3 Å². The third kappa shape index (κ3) is 3.42. The van der Waals surface area contributed by atoms with Crippen molar-refractivity contribution in [3.63, 3.8) is 0 Å². The van der Waals surface area contributed by atoms with Crippen molar-refractivity contribution in [1.82, 2.24) is 6.15 Å². The van der Waals surface area contributed by atoms with Crippen LogP contribution in [-0.4, -0.2) is 19.3 Å². The van der Waals surface area contributed by atoms with Gasteiger partial charge < -0.3 is 15.2 Å². The van der Waals surface area contributed by atoms with Gasteiger partial charge in [0, 0.05) is 0 Å². The third-order valence-corrected chi connectivity index (χ3v) is 2.56. The van der Waals surface area contributed by atoms with E-state index < -0.39 is 0 Å². The molecule has 0 heterocycles. The molecule has 52 valence electrons. The number of hydrogen-bond donors (Lipinski definition) is 1. The number of rotatable bonds is 2. The van der Waals surface area contributed by atoms with Gasteiger partial charge in [-0.15, -0.1) is 0 Å². The minimum absolute atomic E-state index is 0. The lowest BCUT2D eigenvalue weighted by Gasteiger charge is -1.92. The standard InChI is InChI=1S/C7H7.ClH.Mg.H3N/c1-7-5-3-2-4-6-7;;;/h2-6H,1H2;1H;;1H3/q;;+1;/p-1. The van der Waals surface area contributed by atoms with Crippen molar-refractivity contribution in [3.8, 4) is 0 Å². The van der Waals surface area contributed by atoms with Crippen LogP contribution in [0, 0.1) is 0 Å². The summed E-state index contributed by atoms with van der Waals surface area (Å²) >= 11 is -0.312. The molecule has 0 aromatic heterocycles. The molecule has 0 radical (unpaired) electrons. The Bertz CT molecular complexity index is 167. The van der Waals surface area contributed by atoms with Crippen molar-refractivity contribution in [2.75, 3.05) is 0 Å². The fraction of sp³-hybridized carbons (Fsp3) is 0.143. The van der Waals surface area contributed by atoms with Crippen molar-refractivity contribution >= 4 is 28.3 Å². The third-order valence-electron chi connectivity index (χ3n) is 1.23. The summed E-state index contributed by atoms with van der Waals surface area (Å²) in [6.45, 7) is 0. The summed E-state index contributed by atoms with van der Waals surface area (Å²) < 4.78 is 1.11. The molecule has 1 aromatic carbocycles. The van der Waals surface area contributed by atoms with Crippen LogP contribution in [0.1, 0.15) is 5.56 Å². The summed E-state index contributed by atoms with van der Waals surface area (Å²) in [4.78, 5) is 0. The summed E-state index contributed by atoms with van der Waals surface area (Å²) in [6.07, 6.45) is 0. The Morgan fingerprint density at radius 3 is 2.30 bits per heavy atom. The maximum absolute atomic E-state index is 5.67. The first-order valence-electron chi connectivity index (χ1n) is 3.03. The summed E-state index contributed by atoms with van der Waals surface area (Å²) in [5.41, 5.74) is 1.37. The highest BCUT2D eigenvalue weighted by molar-refractivity contribution is 6.93. The molecule has 0 unspecified atom stereocenters. The quantitative estimate of drug-likeness (QED) is 0.674. The fourth-order valence-electron chi connectivity index (χ4n) is 0.754. The van der Waals surface area contributed by atoms with E-state index in [1.165, 1.54) is 5.56 Å². The van der Waals surface area contributed by atoms with E-state index in [1.54, 1.807) is 0 Å². The first kappa shape index (κ1) is 10.2. The fourth-order valence-corrected chi connectivity index (χ4v) is 1.96. The van der Waals surface area contributed by atoms with Crippen molar-refractivity contribution in [1.29, 1.82) is 0 Å². The van der Waals surface area contributed by atoms with Gasteiger partial charge in [-0.2, -0.15) is 0 Å². The normalized spacial score (nSPS) is 7.70. The summed E-state index contributed by atoms with van der Waals surface area (Å²) in [6, 6.07) is 10.4. The average molecular weight is 168 g/mol. The van der Waals surface area contributed by atoms with E-state index in [1.807, 2.05) is 6.07 Å². The molecule has 0 fully saturated rings. The van der Waals surface area contributed by atoms with E-state index in [2.05, 4.69) is 24.3 Å². The molecule has 1 rings (SSSR count). The molecule has 1 aromatic rings. The zero-order valence-corrected chi connectivity index (χ0v) is 8.06. The van der Waals surface area contributed by atoms with Gasteiger partial charge >= 0.3 is 19.3 Å². The van der Waals surface area contributed by atoms with E-state index in [-0.39, 0.29) is 25.4 Å². The van der Waals surface area contributed by atoms with Crippen molar-refractivity contribution < 1.29 is 0 Å². The smallest absolute Gasteiger partial charge is 0.345 e. The van der Waals surface area contributed by atoms with Gasteiger partial charge in [-0.05, 0) is 0 Å². The maximum Gasteiger partial charge on any atom is 0.505 e. The van der Waals surface area contributed by atoms with Gasteiger partial charge in [0.15, 0.2) is 0 Å². The second kappa shape index (κ2) is 5.98. The number of halogens is 1. The van der Waals surface area contributed by atoms with Crippen LogP contribution in [0.2, 0.25) is 0 Å². The first-order chi connectivity index (χ1) is 4.43. The Morgan fingerprint density at radius 1 is 1.20 bits per heavy atom. The SMILES string of the molecule is N.[Cl][Mg][CH2]c1ccccc1. The van der Waals surface area contributed by atoms with Gasteiger partial charge in [-0.25, -0.2) is 0 Å². The first-order valence-corrected chi connectivity index (χ1v) is 6.17. The molecule has 0 aliphatic rings. The summed E-state index contributed by atoms with van der Waals surface area (Å²) in [5.74, 6) is 0. The highest BCUT2D eigenvalue weighted by Crippen LogP contribution is 1.98. The second-order valence-corrected chi connectivity index (χ2v) is 3.94. The Kier molecular flexibility index (Phi) is 6.12. The van der Waals surface area contributed by atoms with Crippen LogP contribution in [0.25, 0.3) is 0 Å². The molecule has 0 amide bonds. The highest BCUT2D eigenvalue weighted by Gasteiger charge is 1.91. The van der Waals surface area contributed by atoms with Crippen molar-refractivity contribution in [3.05, 3.63) is 35.9 Å². The van der Waals surface area contributed by atoms with Crippen LogP contribution in [-0.2, 0) is 4.55 Å². The lowest BCUT2D eigenvalue weighted by atomic mass is 10.2. The average Bonchev–Trinajstić information content (AvgIpc) is 1.91. The van der Waals surface area contributed by atoms with Gasteiger partial charge in [0.25, 0.3) is 0 Å². The Morgan fingerprint density at radius 2 is 1.80 bits per heavy atom. The van der Waals surface area contributed by atoms with Crippen LogP contribution < -0.4 is 6.15 Å².